The van der Waals surface area contributed by atoms with Crippen molar-refractivity contribution in [2.45, 2.75) is 38.1 Å². The molecule has 0 saturated carbocycles. The number of carbonyl (C=O) groups is 1. The number of hydrogen-bond donors (Lipinski definition) is 0. The highest BCUT2D eigenvalue weighted by molar-refractivity contribution is 5.83. The molecule has 4 rings (SSSR count). The lowest BCUT2D eigenvalue weighted by atomic mass is 9.73. The fourth-order valence-corrected chi connectivity index (χ4v) is 5.23. The monoisotopic (exact) mass is 454 g/mol. The normalized spacial score (nSPS) is 19.3. The number of halogens is 1. The van der Waals surface area contributed by atoms with Crippen LogP contribution in [0.25, 0.3) is 11.1 Å². The van der Waals surface area contributed by atoms with Crippen molar-refractivity contribution >= 4 is 5.91 Å². The number of ether oxygens (including phenoxy) is 2. The van der Waals surface area contributed by atoms with Gasteiger partial charge in [0.1, 0.15) is 0 Å². The molecule has 0 bridgehead atoms. The topological polar surface area (TPSA) is 42.0 Å². The van der Waals surface area contributed by atoms with E-state index in [0.29, 0.717) is 31.2 Å². The number of carbonyl (C=O) groups excluding carboxylic acids is 1. The van der Waals surface area contributed by atoms with Crippen molar-refractivity contribution < 1.29 is 18.7 Å². The highest BCUT2D eigenvalue weighted by atomic mass is 19.1. The first-order chi connectivity index (χ1) is 15.9. The van der Waals surface area contributed by atoms with E-state index in [2.05, 4.69) is 11.9 Å². The lowest BCUT2D eigenvalue weighted by molar-refractivity contribution is -0.149. The fourth-order valence-electron chi connectivity index (χ4n) is 5.23. The summed E-state index contributed by atoms with van der Waals surface area (Å²) >= 11 is 0. The van der Waals surface area contributed by atoms with Crippen molar-refractivity contribution in [3.8, 4) is 16.9 Å². The van der Waals surface area contributed by atoms with Gasteiger partial charge in [0, 0.05) is 31.9 Å². The SMILES string of the molecule is COc1cccc(-c2ccc(CC3(C(=O)N(C)C4CCN(C)CC4)CCOCC3)cc2)c1F. The number of amides is 1. The molecular weight excluding hydrogens is 419 g/mol. The van der Waals surface area contributed by atoms with Gasteiger partial charge in [-0.15, -0.1) is 0 Å². The molecule has 0 N–H and O–H groups in total. The zero-order chi connectivity index (χ0) is 23.4. The summed E-state index contributed by atoms with van der Waals surface area (Å²) < 4.78 is 25.4. The quantitative estimate of drug-likeness (QED) is 0.649. The van der Waals surface area contributed by atoms with E-state index in [1.54, 1.807) is 18.2 Å². The Bertz CT molecular complexity index is 948. The lowest BCUT2D eigenvalue weighted by Crippen LogP contribution is -2.52. The molecule has 1 amide bonds. The van der Waals surface area contributed by atoms with Crippen molar-refractivity contribution in [2.75, 3.05) is 47.5 Å². The molecular formula is C27H35FN2O3. The molecule has 2 saturated heterocycles. The van der Waals surface area contributed by atoms with Gasteiger partial charge in [-0.3, -0.25) is 4.79 Å². The Balaban J connectivity index is 1.53. The number of hydrogen-bond acceptors (Lipinski definition) is 4. The summed E-state index contributed by atoms with van der Waals surface area (Å²) in [5.74, 6) is 0.118. The highest BCUT2D eigenvalue weighted by Crippen LogP contribution is 2.38. The van der Waals surface area contributed by atoms with Crippen LogP contribution in [0.3, 0.4) is 0 Å². The average molecular weight is 455 g/mol. The first-order valence-corrected chi connectivity index (χ1v) is 11.9. The van der Waals surface area contributed by atoms with E-state index in [1.807, 2.05) is 36.2 Å². The van der Waals surface area contributed by atoms with Crippen LogP contribution in [-0.2, 0) is 16.0 Å². The van der Waals surface area contributed by atoms with Gasteiger partial charge in [0.2, 0.25) is 5.91 Å². The highest BCUT2D eigenvalue weighted by Gasteiger charge is 2.43. The molecule has 33 heavy (non-hydrogen) atoms. The second kappa shape index (κ2) is 10.2. The van der Waals surface area contributed by atoms with Crippen LogP contribution in [0, 0.1) is 11.2 Å². The Labute approximate surface area is 196 Å². The van der Waals surface area contributed by atoms with Crippen LogP contribution in [0.4, 0.5) is 4.39 Å². The predicted octanol–water partition coefficient (Wildman–Crippen LogP) is 4.39. The number of piperidine rings is 1. The van der Waals surface area contributed by atoms with Gasteiger partial charge in [0.15, 0.2) is 11.6 Å². The Morgan fingerprint density at radius 2 is 1.82 bits per heavy atom. The summed E-state index contributed by atoms with van der Waals surface area (Å²) in [4.78, 5) is 18.1. The molecule has 2 aromatic carbocycles. The second-order valence-electron chi connectivity index (χ2n) is 9.54. The molecule has 2 aliphatic heterocycles. The standard InChI is InChI=1S/C27H35FN2O3/c1-29-15-11-22(12-16-29)30(2)26(31)27(13-17-33-18-14-27)19-20-7-9-21(10-8-20)23-5-4-6-24(32-3)25(23)28/h4-10,22H,11-19H2,1-3H3. The summed E-state index contributed by atoms with van der Waals surface area (Å²) in [6.07, 6.45) is 4.18. The first-order valence-electron chi connectivity index (χ1n) is 11.9. The van der Waals surface area contributed by atoms with Gasteiger partial charge in [-0.25, -0.2) is 4.39 Å². The van der Waals surface area contributed by atoms with E-state index < -0.39 is 5.41 Å². The summed E-state index contributed by atoms with van der Waals surface area (Å²) in [6, 6.07) is 13.4. The minimum Gasteiger partial charge on any atom is -0.494 e. The van der Waals surface area contributed by atoms with Crippen LogP contribution in [0.5, 0.6) is 5.75 Å². The second-order valence-corrected chi connectivity index (χ2v) is 9.54. The van der Waals surface area contributed by atoms with Crippen LogP contribution in [-0.4, -0.2) is 69.3 Å². The van der Waals surface area contributed by atoms with E-state index in [1.165, 1.54) is 7.11 Å². The minimum absolute atomic E-state index is 0.236. The fraction of sp³-hybridized carbons (Fsp3) is 0.519. The molecule has 2 fully saturated rings. The van der Waals surface area contributed by atoms with E-state index in [9.17, 15) is 9.18 Å². The maximum atomic E-state index is 14.7. The number of methoxy groups -OCH3 is 1. The zero-order valence-electron chi connectivity index (χ0n) is 20.0. The predicted molar refractivity (Wildman–Crippen MR) is 128 cm³/mol. The van der Waals surface area contributed by atoms with Gasteiger partial charge in [0.25, 0.3) is 0 Å². The number of rotatable bonds is 6. The molecule has 5 nitrogen and oxygen atoms in total. The van der Waals surface area contributed by atoms with Gasteiger partial charge in [-0.05, 0) is 69.4 Å². The molecule has 6 heteroatoms. The Morgan fingerprint density at radius 1 is 1.15 bits per heavy atom. The molecule has 0 radical (unpaired) electrons. The maximum absolute atomic E-state index is 14.7. The molecule has 0 aromatic heterocycles. The summed E-state index contributed by atoms with van der Waals surface area (Å²) in [5, 5.41) is 0. The minimum atomic E-state index is -0.445. The molecule has 2 aromatic rings. The number of benzene rings is 2. The van der Waals surface area contributed by atoms with E-state index in [0.717, 1.165) is 49.9 Å². The molecule has 0 spiro atoms. The van der Waals surface area contributed by atoms with Crippen LogP contribution in [0.15, 0.2) is 42.5 Å². The zero-order valence-corrected chi connectivity index (χ0v) is 20.0. The summed E-state index contributed by atoms with van der Waals surface area (Å²) in [7, 11) is 5.58. The van der Waals surface area contributed by atoms with Gasteiger partial charge in [-0.1, -0.05) is 36.4 Å². The molecule has 0 aliphatic carbocycles. The number of nitrogens with zero attached hydrogens (tertiary/aromatic N) is 2. The smallest absolute Gasteiger partial charge is 0.229 e. The van der Waals surface area contributed by atoms with Crippen LogP contribution < -0.4 is 4.74 Å². The van der Waals surface area contributed by atoms with Crippen molar-refractivity contribution in [1.29, 1.82) is 0 Å². The lowest BCUT2D eigenvalue weighted by Gasteiger charge is -2.43. The summed E-state index contributed by atoms with van der Waals surface area (Å²) in [5.41, 5.74) is 1.96. The van der Waals surface area contributed by atoms with Crippen LogP contribution >= 0.6 is 0 Å². The summed E-state index contributed by atoms with van der Waals surface area (Å²) in [6.45, 7) is 3.28. The van der Waals surface area contributed by atoms with Crippen LogP contribution in [0.1, 0.15) is 31.2 Å². The van der Waals surface area contributed by atoms with Crippen molar-refractivity contribution in [3.05, 3.63) is 53.8 Å². The van der Waals surface area contributed by atoms with Gasteiger partial charge < -0.3 is 19.3 Å². The van der Waals surface area contributed by atoms with E-state index >= 15 is 0 Å². The Hall–Kier alpha value is -2.44. The Kier molecular flexibility index (Phi) is 7.35. The van der Waals surface area contributed by atoms with Crippen molar-refractivity contribution in [2.24, 2.45) is 5.41 Å². The Morgan fingerprint density at radius 3 is 2.45 bits per heavy atom. The molecule has 178 valence electrons. The van der Waals surface area contributed by atoms with Crippen LogP contribution in [0.2, 0.25) is 0 Å². The average Bonchev–Trinajstić information content (AvgIpc) is 2.85. The molecule has 2 aliphatic rings. The maximum Gasteiger partial charge on any atom is 0.229 e. The molecule has 0 atom stereocenters. The van der Waals surface area contributed by atoms with Gasteiger partial charge in [-0.2, -0.15) is 0 Å². The van der Waals surface area contributed by atoms with Crippen molar-refractivity contribution in [1.82, 2.24) is 9.80 Å². The third-order valence-corrected chi connectivity index (χ3v) is 7.45. The molecule has 2 heterocycles. The van der Waals surface area contributed by atoms with E-state index in [-0.39, 0.29) is 17.5 Å². The van der Waals surface area contributed by atoms with Crippen molar-refractivity contribution in [3.63, 3.8) is 0 Å². The number of likely N-dealkylation sites (tertiary alicyclic amines) is 1. The first kappa shape index (κ1) is 23.7. The third-order valence-electron chi connectivity index (χ3n) is 7.45. The largest absolute Gasteiger partial charge is 0.494 e. The molecule has 0 unspecified atom stereocenters. The third kappa shape index (κ3) is 5.07. The van der Waals surface area contributed by atoms with Gasteiger partial charge in [0.05, 0.1) is 12.5 Å². The van der Waals surface area contributed by atoms with Gasteiger partial charge >= 0.3 is 0 Å². The van der Waals surface area contributed by atoms with E-state index in [4.69, 9.17) is 9.47 Å².